The van der Waals surface area contributed by atoms with Gasteiger partial charge in [0.05, 0.1) is 16.9 Å². The van der Waals surface area contributed by atoms with Crippen LogP contribution in [0.25, 0.3) is 55.4 Å². The van der Waals surface area contributed by atoms with Crippen LogP contribution in [0.3, 0.4) is 0 Å². The van der Waals surface area contributed by atoms with Crippen molar-refractivity contribution in [2.45, 2.75) is 131 Å². The highest BCUT2D eigenvalue weighted by atomic mass is 16.5. The van der Waals surface area contributed by atoms with Gasteiger partial charge in [-0.1, -0.05) is 134 Å². The summed E-state index contributed by atoms with van der Waals surface area (Å²) in [5, 5.41) is 2.47. The van der Waals surface area contributed by atoms with E-state index in [0.717, 1.165) is 50.4 Å². The minimum Gasteiger partial charge on any atom is -0.439 e. The van der Waals surface area contributed by atoms with Crippen LogP contribution in [0.1, 0.15) is 132 Å². The van der Waals surface area contributed by atoms with Crippen LogP contribution in [0.5, 0.6) is 11.6 Å². The van der Waals surface area contributed by atoms with Gasteiger partial charge in [0.25, 0.3) is 0 Å². The monoisotopic (exact) mass is 769 g/mol. The van der Waals surface area contributed by atoms with Crippen molar-refractivity contribution in [2.24, 2.45) is 0 Å². The van der Waals surface area contributed by atoms with Crippen molar-refractivity contribution < 1.29 is 4.74 Å². The van der Waals surface area contributed by atoms with E-state index in [-0.39, 0.29) is 27.1 Å². The molecule has 3 aromatic heterocycles. The molecule has 0 atom stereocenters. The predicted molar refractivity (Wildman–Crippen MR) is 248 cm³/mol. The summed E-state index contributed by atoms with van der Waals surface area (Å²) in [5.74, 6) is 1.30. The van der Waals surface area contributed by atoms with Gasteiger partial charge in [-0.05, 0) is 127 Å². The van der Waals surface area contributed by atoms with Gasteiger partial charge in [-0.2, -0.15) is 0 Å². The summed E-state index contributed by atoms with van der Waals surface area (Å²) in [6.07, 6.45) is 1.76. The van der Waals surface area contributed by atoms with E-state index in [2.05, 4.69) is 193 Å². The van der Waals surface area contributed by atoms with Crippen molar-refractivity contribution in [2.75, 3.05) is 0 Å². The summed E-state index contributed by atoms with van der Waals surface area (Å²) in [6.45, 7) is 34.3. The Morgan fingerprint density at radius 1 is 0.448 bits per heavy atom. The molecule has 0 spiro atoms. The second kappa shape index (κ2) is 14.3. The Hall–Kier alpha value is -5.22. The van der Waals surface area contributed by atoms with Gasteiger partial charge in [-0.3, -0.25) is 0 Å². The van der Waals surface area contributed by atoms with Crippen LogP contribution < -0.4 is 4.74 Å². The lowest BCUT2D eigenvalue weighted by molar-refractivity contribution is 0.460. The molecule has 7 rings (SSSR count). The molecule has 3 heterocycles. The number of aromatic nitrogens is 3. The molecular formula is C54H63N3O. The summed E-state index contributed by atoms with van der Waals surface area (Å²) < 4.78 is 6.45. The van der Waals surface area contributed by atoms with Crippen LogP contribution in [-0.4, -0.2) is 15.0 Å². The topological polar surface area (TPSA) is 50.8 Å². The van der Waals surface area contributed by atoms with Gasteiger partial charge in [0, 0.05) is 39.7 Å². The fourth-order valence-electron chi connectivity index (χ4n) is 7.51. The molecule has 4 aromatic carbocycles. The molecule has 0 fully saturated rings. The molecule has 0 aliphatic heterocycles. The predicted octanol–water partition coefficient (Wildman–Crippen LogP) is 15.4. The molecule has 0 radical (unpaired) electrons. The standard InChI is InChI=1S/C54H63N3O/c1-50(2,3)36-19-20-45-42(30-36)43-31-40(54(13,14)15)32-44(49(43)57-45)47-27-34(33-22-37(51(4,5)6)28-38(23-33)52(7,8)9)26-46(56-47)35-24-39(53(10,11)12)29-41(25-35)58-48-18-16-17-21-55-48/h16-32,57H,1-15H3. The van der Waals surface area contributed by atoms with E-state index in [0.29, 0.717) is 5.88 Å². The number of fused-ring (bicyclic) bond motifs is 3. The lowest BCUT2D eigenvalue weighted by Crippen LogP contribution is -2.16. The molecule has 4 nitrogen and oxygen atoms in total. The maximum absolute atomic E-state index is 6.45. The van der Waals surface area contributed by atoms with E-state index in [1.807, 2.05) is 18.2 Å². The SMILES string of the molecule is CC(C)(C)c1cc(Oc2ccccn2)cc(-c2cc(-c3cc(C(C)(C)C)cc(C(C)(C)C)c3)cc(-c3cc(C(C)(C)C)cc4c3[nH]c3ccc(C(C)(C)C)cc34)n2)c1. The fraction of sp³-hybridized carbons (Fsp3) is 0.370. The lowest BCUT2D eigenvalue weighted by Gasteiger charge is -2.26. The number of pyridine rings is 2. The highest BCUT2D eigenvalue weighted by molar-refractivity contribution is 6.12. The van der Waals surface area contributed by atoms with Gasteiger partial charge in [0.1, 0.15) is 5.75 Å². The molecule has 0 aliphatic carbocycles. The summed E-state index contributed by atoms with van der Waals surface area (Å²) in [5.41, 5.74) is 14.6. The Kier molecular flexibility index (Phi) is 10.1. The molecule has 300 valence electrons. The van der Waals surface area contributed by atoms with Crippen molar-refractivity contribution in [1.82, 2.24) is 15.0 Å². The number of aromatic amines is 1. The Morgan fingerprint density at radius 3 is 1.57 bits per heavy atom. The number of hydrogen-bond acceptors (Lipinski definition) is 3. The van der Waals surface area contributed by atoms with Crippen LogP contribution in [-0.2, 0) is 27.1 Å². The van der Waals surface area contributed by atoms with E-state index in [1.165, 1.54) is 38.6 Å². The maximum Gasteiger partial charge on any atom is 0.219 e. The molecule has 0 amide bonds. The number of nitrogens with zero attached hydrogens (tertiary/aromatic N) is 2. The van der Waals surface area contributed by atoms with E-state index < -0.39 is 0 Å². The van der Waals surface area contributed by atoms with Gasteiger partial charge in [0.15, 0.2) is 0 Å². The molecule has 0 unspecified atom stereocenters. The normalized spacial score (nSPS) is 13.1. The molecule has 0 aliphatic rings. The first-order chi connectivity index (χ1) is 26.8. The molecular weight excluding hydrogens is 707 g/mol. The van der Waals surface area contributed by atoms with Gasteiger partial charge < -0.3 is 9.72 Å². The summed E-state index contributed by atoms with van der Waals surface area (Å²) in [6, 6.07) is 35.7. The zero-order chi connectivity index (χ0) is 42.2. The Labute approximate surface area is 347 Å². The Bertz CT molecular complexity index is 2610. The Balaban J connectivity index is 1.57. The largest absolute Gasteiger partial charge is 0.439 e. The minimum atomic E-state index is -0.134. The van der Waals surface area contributed by atoms with Gasteiger partial charge in [-0.15, -0.1) is 0 Å². The Morgan fingerprint density at radius 2 is 0.983 bits per heavy atom. The molecule has 7 aromatic rings. The van der Waals surface area contributed by atoms with E-state index in [4.69, 9.17) is 9.72 Å². The summed E-state index contributed by atoms with van der Waals surface area (Å²) in [7, 11) is 0. The zero-order valence-corrected chi connectivity index (χ0v) is 37.6. The molecule has 0 saturated heterocycles. The average Bonchev–Trinajstić information content (AvgIpc) is 3.51. The van der Waals surface area contributed by atoms with Gasteiger partial charge >= 0.3 is 0 Å². The number of ether oxygens (including phenoxy) is 1. The van der Waals surface area contributed by atoms with Crippen molar-refractivity contribution in [3.8, 4) is 45.3 Å². The third-order valence-corrected chi connectivity index (χ3v) is 11.5. The van der Waals surface area contributed by atoms with Crippen LogP contribution in [0, 0.1) is 0 Å². The first-order valence-electron chi connectivity index (χ1n) is 20.9. The van der Waals surface area contributed by atoms with Crippen molar-refractivity contribution in [3.63, 3.8) is 0 Å². The number of H-pyrrole nitrogens is 1. The van der Waals surface area contributed by atoms with Crippen molar-refractivity contribution >= 4 is 21.8 Å². The maximum atomic E-state index is 6.45. The quantitative estimate of drug-likeness (QED) is 0.190. The number of rotatable bonds is 5. The number of benzene rings is 4. The van der Waals surface area contributed by atoms with Gasteiger partial charge in [-0.25, -0.2) is 9.97 Å². The summed E-state index contributed by atoms with van der Waals surface area (Å²) in [4.78, 5) is 14.0. The smallest absolute Gasteiger partial charge is 0.219 e. The molecule has 58 heavy (non-hydrogen) atoms. The van der Waals surface area contributed by atoms with Crippen molar-refractivity contribution in [1.29, 1.82) is 0 Å². The van der Waals surface area contributed by atoms with E-state index in [1.54, 1.807) is 6.20 Å². The highest BCUT2D eigenvalue weighted by Gasteiger charge is 2.25. The molecule has 0 bridgehead atoms. The summed E-state index contributed by atoms with van der Waals surface area (Å²) >= 11 is 0. The second-order valence-electron chi connectivity index (χ2n) is 21.5. The zero-order valence-electron chi connectivity index (χ0n) is 37.6. The van der Waals surface area contributed by atoms with Crippen LogP contribution in [0.15, 0.2) is 103 Å². The van der Waals surface area contributed by atoms with E-state index >= 15 is 0 Å². The second-order valence-corrected chi connectivity index (χ2v) is 21.5. The van der Waals surface area contributed by atoms with E-state index in [9.17, 15) is 0 Å². The minimum absolute atomic E-state index is 0.0290. The highest BCUT2D eigenvalue weighted by Crippen LogP contribution is 2.43. The first-order valence-corrected chi connectivity index (χ1v) is 20.9. The number of nitrogens with one attached hydrogen (secondary N) is 1. The lowest BCUT2D eigenvalue weighted by atomic mass is 9.78. The average molecular weight is 770 g/mol. The third-order valence-electron chi connectivity index (χ3n) is 11.5. The molecule has 0 saturated carbocycles. The molecule has 4 heteroatoms. The van der Waals surface area contributed by atoms with Crippen molar-refractivity contribution in [3.05, 3.63) is 131 Å². The third kappa shape index (κ3) is 8.48. The van der Waals surface area contributed by atoms with Crippen LogP contribution >= 0.6 is 0 Å². The first kappa shape index (κ1) is 41.0. The molecule has 1 N–H and O–H groups in total. The fourth-order valence-corrected chi connectivity index (χ4v) is 7.51. The van der Waals surface area contributed by atoms with Gasteiger partial charge in [0.2, 0.25) is 5.88 Å². The van der Waals surface area contributed by atoms with Crippen LogP contribution in [0.4, 0.5) is 0 Å². The van der Waals surface area contributed by atoms with Crippen LogP contribution in [0.2, 0.25) is 0 Å². The number of hydrogen-bond donors (Lipinski definition) is 1.